The molecule has 0 saturated heterocycles. The monoisotopic (exact) mass is 313 g/mol. The van der Waals surface area contributed by atoms with Crippen LogP contribution in [0.3, 0.4) is 0 Å². The quantitative estimate of drug-likeness (QED) is 0.908. The van der Waals surface area contributed by atoms with Crippen LogP contribution in [0.5, 0.6) is 0 Å². The molecule has 1 saturated carbocycles. The fraction of sp³-hybridized carbons (Fsp3) is 0.500. The average Bonchev–Trinajstić information content (AvgIpc) is 3.29. The molecule has 2 aromatic rings. The Balaban J connectivity index is 1.59. The highest BCUT2D eigenvalue weighted by Crippen LogP contribution is 2.38. The van der Waals surface area contributed by atoms with E-state index < -0.39 is 5.97 Å². The van der Waals surface area contributed by atoms with E-state index in [-0.39, 0.29) is 12.3 Å². The van der Waals surface area contributed by atoms with Crippen molar-refractivity contribution >= 4 is 11.7 Å². The lowest BCUT2D eigenvalue weighted by Crippen LogP contribution is -2.32. The summed E-state index contributed by atoms with van der Waals surface area (Å²) in [4.78, 5) is 13.4. The van der Waals surface area contributed by atoms with Gasteiger partial charge < -0.3 is 10.0 Å². The van der Waals surface area contributed by atoms with Crippen LogP contribution in [-0.4, -0.2) is 37.8 Å². The maximum Gasteiger partial charge on any atom is 0.303 e. The minimum atomic E-state index is -0.740. The minimum Gasteiger partial charge on any atom is -0.481 e. The molecule has 1 aromatic heterocycles. The summed E-state index contributed by atoms with van der Waals surface area (Å²) in [6, 6.07) is 8.54. The number of carbonyl (C=O) groups is 1. The molecule has 4 rings (SSSR count). The Bertz CT molecular complexity index is 725. The second kappa shape index (κ2) is 5.64. The zero-order valence-electron chi connectivity index (χ0n) is 12.8. The number of rotatable bonds is 5. The summed E-state index contributed by atoms with van der Waals surface area (Å²) in [7, 11) is 0. The molecule has 7 heteroatoms. The molecule has 1 aliphatic carbocycles. The van der Waals surface area contributed by atoms with Crippen molar-refractivity contribution in [3.8, 4) is 0 Å². The number of para-hydroxylation sites is 1. The maximum absolute atomic E-state index is 11.1. The van der Waals surface area contributed by atoms with E-state index >= 15 is 0 Å². The van der Waals surface area contributed by atoms with Crippen molar-refractivity contribution < 1.29 is 9.90 Å². The van der Waals surface area contributed by atoms with Crippen LogP contribution in [0.4, 0.5) is 5.69 Å². The first-order valence-corrected chi connectivity index (χ1v) is 8.05. The summed E-state index contributed by atoms with van der Waals surface area (Å²) >= 11 is 0. The number of aromatic nitrogens is 4. The number of hydrogen-bond acceptors (Lipinski definition) is 5. The molecule has 1 unspecified atom stereocenters. The van der Waals surface area contributed by atoms with Gasteiger partial charge in [-0.05, 0) is 47.2 Å². The summed E-state index contributed by atoms with van der Waals surface area (Å²) < 4.78 is 1.94. The van der Waals surface area contributed by atoms with E-state index in [0.29, 0.717) is 12.6 Å². The van der Waals surface area contributed by atoms with Crippen molar-refractivity contribution in [1.29, 1.82) is 0 Å². The lowest BCUT2D eigenvalue weighted by atomic mass is 9.87. The van der Waals surface area contributed by atoms with Gasteiger partial charge in [0.15, 0.2) is 5.82 Å². The minimum absolute atomic E-state index is 0.0828. The molecule has 7 nitrogen and oxygen atoms in total. The predicted molar refractivity (Wildman–Crippen MR) is 83.2 cm³/mol. The number of tetrazole rings is 1. The third-order valence-corrected chi connectivity index (χ3v) is 4.67. The SMILES string of the molecule is O=C(O)CC1CCN(Cc2nnnn2C2CC2)c2ccccc21. The first kappa shape index (κ1) is 14.2. The predicted octanol–water partition coefficient (Wildman–Crippen LogP) is 1.98. The lowest BCUT2D eigenvalue weighted by Gasteiger charge is -2.35. The van der Waals surface area contributed by atoms with Gasteiger partial charge in [-0.2, -0.15) is 0 Å². The molecule has 1 aromatic carbocycles. The number of hydrogen-bond donors (Lipinski definition) is 1. The van der Waals surface area contributed by atoms with Crippen molar-refractivity contribution in [3.05, 3.63) is 35.7 Å². The Labute approximate surface area is 133 Å². The van der Waals surface area contributed by atoms with Crippen molar-refractivity contribution in [1.82, 2.24) is 20.2 Å². The van der Waals surface area contributed by atoms with E-state index in [1.54, 1.807) is 0 Å². The van der Waals surface area contributed by atoms with Gasteiger partial charge in [-0.3, -0.25) is 4.79 Å². The molecular weight excluding hydrogens is 294 g/mol. The van der Waals surface area contributed by atoms with Gasteiger partial charge in [0.25, 0.3) is 0 Å². The first-order valence-electron chi connectivity index (χ1n) is 8.05. The molecule has 2 heterocycles. The van der Waals surface area contributed by atoms with Crippen LogP contribution in [0.25, 0.3) is 0 Å². The third-order valence-electron chi connectivity index (χ3n) is 4.67. The van der Waals surface area contributed by atoms with Gasteiger partial charge in [-0.25, -0.2) is 4.68 Å². The molecule has 120 valence electrons. The smallest absolute Gasteiger partial charge is 0.303 e. The number of anilines is 1. The largest absolute Gasteiger partial charge is 0.481 e. The van der Waals surface area contributed by atoms with Gasteiger partial charge in [-0.1, -0.05) is 18.2 Å². The molecule has 0 radical (unpaired) electrons. The molecule has 0 spiro atoms. The van der Waals surface area contributed by atoms with Crippen molar-refractivity contribution in [2.24, 2.45) is 0 Å². The second-order valence-electron chi connectivity index (χ2n) is 6.33. The Kier molecular flexibility index (Phi) is 3.48. The van der Waals surface area contributed by atoms with Gasteiger partial charge in [0, 0.05) is 12.2 Å². The van der Waals surface area contributed by atoms with Gasteiger partial charge in [-0.15, -0.1) is 5.10 Å². The number of aliphatic carboxylic acids is 1. The highest BCUT2D eigenvalue weighted by molar-refractivity contribution is 5.69. The maximum atomic E-state index is 11.1. The Morgan fingerprint density at radius 1 is 1.26 bits per heavy atom. The van der Waals surface area contributed by atoms with Crippen LogP contribution in [0.15, 0.2) is 24.3 Å². The van der Waals surface area contributed by atoms with Crippen LogP contribution >= 0.6 is 0 Å². The zero-order valence-corrected chi connectivity index (χ0v) is 12.8. The van der Waals surface area contributed by atoms with E-state index in [1.807, 2.05) is 22.9 Å². The average molecular weight is 313 g/mol. The molecule has 1 aliphatic heterocycles. The van der Waals surface area contributed by atoms with Crippen molar-refractivity contribution in [3.63, 3.8) is 0 Å². The zero-order chi connectivity index (χ0) is 15.8. The van der Waals surface area contributed by atoms with Crippen LogP contribution < -0.4 is 4.90 Å². The van der Waals surface area contributed by atoms with Crippen LogP contribution in [0.2, 0.25) is 0 Å². The van der Waals surface area contributed by atoms with E-state index in [1.165, 1.54) is 0 Å². The van der Waals surface area contributed by atoms with Gasteiger partial charge in [0.05, 0.1) is 19.0 Å². The number of nitrogens with zero attached hydrogens (tertiary/aromatic N) is 5. The number of benzene rings is 1. The fourth-order valence-corrected chi connectivity index (χ4v) is 3.39. The summed E-state index contributed by atoms with van der Waals surface area (Å²) in [6.45, 7) is 1.49. The van der Waals surface area contributed by atoms with Gasteiger partial charge in [0.1, 0.15) is 0 Å². The lowest BCUT2D eigenvalue weighted by molar-refractivity contribution is -0.137. The second-order valence-corrected chi connectivity index (χ2v) is 6.33. The summed E-state index contributed by atoms with van der Waals surface area (Å²) in [5.74, 6) is 0.231. The molecule has 2 aliphatic rings. The van der Waals surface area contributed by atoms with E-state index in [0.717, 1.165) is 42.9 Å². The molecular formula is C16H19N5O2. The highest BCUT2D eigenvalue weighted by Gasteiger charge is 2.30. The summed E-state index contributed by atoms with van der Waals surface area (Å²) in [5, 5.41) is 21.2. The number of carboxylic acids is 1. The fourth-order valence-electron chi connectivity index (χ4n) is 3.39. The first-order chi connectivity index (χ1) is 11.2. The molecule has 0 bridgehead atoms. The molecule has 1 fully saturated rings. The Morgan fingerprint density at radius 3 is 2.87 bits per heavy atom. The third kappa shape index (κ3) is 2.78. The van der Waals surface area contributed by atoms with E-state index in [9.17, 15) is 4.79 Å². The molecule has 23 heavy (non-hydrogen) atoms. The molecule has 1 atom stereocenters. The van der Waals surface area contributed by atoms with Crippen LogP contribution in [-0.2, 0) is 11.3 Å². The van der Waals surface area contributed by atoms with E-state index in [2.05, 4.69) is 26.5 Å². The van der Waals surface area contributed by atoms with Gasteiger partial charge >= 0.3 is 5.97 Å². The Morgan fingerprint density at radius 2 is 2.09 bits per heavy atom. The Hall–Kier alpha value is -2.44. The molecule has 1 N–H and O–H groups in total. The topological polar surface area (TPSA) is 84.1 Å². The van der Waals surface area contributed by atoms with E-state index in [4.69, 9.17) is 5.11 Å². The van der Waals surface area contributed by atoms with Gasteiger partial charge in [0.2, 0.25) is 0 Å². The highest BCUT2D eigenvalue weighted by atomic mass is 16.4. The summed E-state index contributed by atoms with van der Waals surface area (Å²) in [6.07, 6.45) is 3.32. The summed E-state index contributed by atoms with van der Waals surface area (Å²) in [5.41, 5.74) is 2.22. The number of fused-ring (bicyclic) bond motifs is 1. The molecule has 0 amide bonds. The van der Waals surface area contributed by atoms with Crippen LogP contribution in [0, 0.1) is 0 Å². The normalized spacial score (nSPS) is 20.3. The van der Waals surface area contributed by atoms with Crippen molar-refractivity contribution in [2.45, 2.75) is 44.2 Å². The van der Waals surface area contributed by atoms with Crippen molar-refractivity contribution in [2.75, 3.05) is 11.4 Å². The van der Waals surface area contributed by atoms with Crippen LogP contribution in [0.1, 0.15) is 49.0 Å². The number of carboxylic acid groups (broad SMARTS) is 1. The standard InChI is InChI=1S/C16H19N5O2/c22-16(23)9-11-7-8-20(14-4-2-1-3-13(11)14)10-15-17-18-19-21(15)12-5-6-12/h1-4,11-12H,5-10H2,(H,22,23).